The lowest BCUT2D eigenvalue weighted by Crippen LogP contribution is -2.28. The highest BCUT2D eigenvalue weighted by atomic mass is 32.2. The highest BCUT2D eigenvalue weighted by Crippen LogP contribution is 2.30. The van der Waals surface area contributed by atoms with Gasteiger partial charge in [0.05, 0.1) is 10.6 Å². The largest absolute Gasteiger partial charge is 0.274 e. The molecule has 1 aliphatic rings. The van der Waals surface area contributed by atoms with E-state index in [-0.39, 0.29) is 34.7 Å². The van der Waals surface area contributed by atoms with Crippen molar-refractivity contribution in [3.05, 3.63) is 60.2 Å². The van der Waals surface area contributed by atoms with Gasteiger partial charge in [-0.15, -0.1) is 10.2 Å². The van der Waals surface area contributed by atoms with E-state index < -0.39 is 10.0 Å². The van der Waals surface area contributed by atoms with Crippen molar-refractivity contribution in [2.75, 3.05) is 9.62 Å². The van der Waals surface area contributed by atoms with Gasteiger partial charge in [0.1, 0.15) is 0 Å². The Bertz CT molecular complexity index is 1160. The van der Waals surface area contributed by atoms with Crippen molar-refractivity contribution < 1.29 is 18.0 Å². The van der Waals surface area contributed by atoms with Crippen molar-refractivity contribution in [2.24, 2.45) is 0 Å². The number of nitrogens with zero attached hydrogens (tertiary/aromatic N) is 3. The highest BCUT2D eigenvalue weighted by molar-refractivity contribution is 8.00. The van der Waals surface area contributed by atoms with Crippen molar-refractivity contribution in [1.82, 2.24) is 10.2 Å². The van der Waals surface area contributed by atoms with Crippen LogP contribution in [0, 0.1) is 0 Å². The molecule has 11 heteroatoms. The van der Waals surface area contributed by atoms with Crippen LogP contribution in [0.2, 0.25) is 0 Å². The number of hydrogen-bond acceptors (Lipinski definition) is 8. The first kappa shape index (κ1) is 20.5. The topological polar surface area (TPSA) is 109 Å². The number of amides is 2. The number of carbonyl (C=O) groups is 2. The summed E-state index contributed by atoms with van der Waals surface area (Å²) in [5.74, 6) is 0.128. The summed E-state index contributed by atoms with van der Waals surface area (Å²) in [6.45, 7) is 0. The second kappa shape index (κ2) is 8.54. The first-order valence-corrected chi connectivity index (χ1v) is 12.2. The van der Waals surface area contributed by atoms with Crippen LogP contribution >= 0.6 is 23.1 Å². The number of thioether (sulfide) groups is 1. The molecule has 1 N–H and O–H groups in total. The number of rotatable bonds is 7. The molecule has 3 aromatic rings. The first-order valence-electron chi connectivity index (χ1n) is 8.91. The quantitative estimate of drug-likeness (QED) is 0.426. The Morgan fingerprint density at radius 1 is 0.967 bits per heavy atom. The predicted molar refractivity (Wildman–Crippen MR) is 115 cm³/mol. The average molecular weight is 461 g/mol. The summed E-state index contributed by atoms with van der Waals surface area (Å²) in [5.41, 5.74) is 1.49. The smallest absolute Gasteiger partial charge is 0.263 e. The van der Waals surface area contributed by atoms with Crippen LogP contribution in [0.15, 0.2) is 63.8 Å². The van der Waals surface area contributed by atoms with Gasteiger partial charge in [-0.25, -0.2) is 8.42 Å². The molecular weight excluding hydrogens is 444 g/mol. The molecule has 0 unspecified atom stereocenters. The lowest BCUT2D eigenvalue weighted by atomic mass is 10.2. The maximum absolute atomic E-state index is 12.6. The van der Waals surface area contributed by atoms with Gasteiger partial charge in [0.2, 0.25) is 16.9 Å². The molecule has 0 spiro atoms. The zero-order valence-corrected chi connectivity index (χ0v) is 18.0. The minimum absolute atomic E-state index is 0.000895. The van der Waals surface area contributed by atoms with Crippen LogP contribution < -0.4 is 9.62 Å². The number of hydrogen-bond donors (Lipinski definition) is 1. The third-order valence-electron chi connectivity index (χ3n) is 4.29. The van der Waals surface area contributed by atoms with Gasteiger partial charge in [-0.3, -0.25) is 19.2 Å². The average Bonchev–Trinajstić information content (AvgIpc) is 3.32. The molecular formula is C19H16N4O4S3. The van der Waals surface area contributed by atoms with E-state index in [9.17, 15) is 18.0 Å². The predicted octanol–water partition coefficient (Wildman–Crippen LogP) is 3.28. The molecule has 0 aliphatic carbocycles. The zero-order valence-electron chi connectivity index (χ0n) is 15.5. The molecule has 0 radical (unpaired) electrons. The zero-order chi connectivity index (χ0) is 21.1. The maximum atomic E-state index is 12.6. The van der Waals surface area contributed by atoms with Gasteiger partial charge >= 0.3 is 0 Å². The Kier molecular flexibility index (Phi) is 5.84. The monoisotopic (exact) mass is 460 g/mol. The molecule has 0 bridgehead atoms. The SMILES string of the molecule is O=C1CCC(=O)N1c1ccc(S(=O)(=O)Nc2nnc(SCc3ccccc3)s2)cc1. The third-order valence-corrected chi connectivity index (χ3v) is 7.82. The van der Waals surface area contributed by atoms with Crippen LogP contribution in [0.1, 0.15) is 18.4 Å². The molecule has 2 heterocycles. The molecule has 1 aliphatic heterocycles. The van der Waals surface area contributed by atoms with E-state index >= 15 is 0 Å². The van der Waals surface area contributed by atoms with E-state index in [1.807, 2.05) is 30.3 Å². The van der Waals surface area contributed by atoms with Crippen LogP contribution in [0.4, 0.5) is 10.8 Å². The summed E-state index contributed by atoms with van der Waals surface area (Å²) < 4.78 is 28.3. The van der Waals surface area contributed by atoms with Gasteiger partial charge in [-0.1, -0.05) is 53.4 Å². The molecule has 0 atom stereocenters. The molecule has 1 saturated heterocycles. The van der Waals surface area contributed by atoms with E-state index in [1.165, 1.54) is 36.0 Å². The van der Waals surface area contributed by atoms with E-state index in [0.29, 0.717) is 15.8 Å². The molecule has 2 aromatic carbocycles. The summed E-state index contributed by atoms with van der Waals surface area (Å²) >= 11 is 2.62. The summed E-state index contributed by atoms with van der Waals surface area (Å²) in [5, 5.41) is 8.08. The van der Waals surface area contributed by atoms with Crippen molar-refractivity contribution in [3.63, 3.8) is 0 Å². The Morgan fingerprint density at radius 2 is 1.63 bits per heavy atom. The molecule has 30 heavy (non-hydrogen) atoms. The Labute approximate surface area is 181 Å². The lowest BCUT2D eigenvalue weighted by Gasteiger charge is -2.14. The minimum atomic E-state index is -3.87. The lowest BCUT2D eigenvalue weighted by molar-refractivity contribution is -0.121. The van der Waals surface area contributed by atoms with Gasteiger partial charge in [0, 0.05) is 18.6 Å². The molecule has 8 nitrogen and oxygen atoms in total. The summed E-state index contributed by atoms with van der Waals surface area (Å²) in [7, 11) is -3.87. The van der Waals surface area contributed by atoms with E-state index in [2.05, 4.69) is 14.9 Å². The van der Waals surface area contributed by atoms with Gasteiger partial charge in [-0.05, 0) is 29.8 Å². The number of nitrogens with one attached hydrogen (secondary N) is 1. The number of aromatic nitrogens is 2. The molecule has 0 saturated carbocycles. The van der Waals surface area contributed by atoms with E-state index in [1.54, 1.807) is 0 Å². The van der Waals surface area contributed by atoms with Crippen molar-refractivity contribution >= 4 is 55.8 Å². The van der Waals surface area contributed by atoms with Gasteiger partial charge in [0.25, 0.3) is 10.0 Å². The Balaban J connectivity index is 1.42. The third kappa shape index (κ3) is 4.53. The second-order valence-electron chi connectivity index (χ2n) is 6.37. The van der Waals surface area contributed by atoms with Crippen LogP contribution in [0.5, 0.6) is 0 Å². The molecule has 2 amide bonds. The summed E-state index contributed by atoms with van der Waals surface area (Å²) in [6.07, 6.45) is 0.338. The second-order valence-corrected chi connectivity index (χ2v) is 10.3. The Morgan fingerprint density at radius 3 is 2.30 bits per heavy atom. The van der Waals surface area contributed by atoms with Gasteiger partial charge in [0.15, 0.2) is 4.34 Å². The molecule has 1 aromatic heterocycles. The number of benzene rings is 2. The van der Waals surface area contributed by atoms with E-state index in [0.717, 1.165) is 21.8 Å². The summed E-state index contributed by atoms with van der Waals surface area (Å²) in [4.78, 5) is 24.7. The van der Waals surface area contributed by atoms with Crippen LogP contribution in [-0.4, -0.2) is 30.4 Å². The number of imide groups is 1. The van der Waals surface area contributed by atoms with Crippen LogP contribution in [0.3, 0.4) is 0 Å². The van der Waals surface area contributed by atoms with Crippen LogP contribution in [-0.2, 0) is 25.4 Å². The normalized spacial score (nSPS) is 14.3. The van der Waals surface area contributed by atoms with Crippen molar-refractivity contribution in [2.45, 2.75) is 27.8 Å². The Hall–Kier alpha value is -2.76. The van der Waals surface area contributed by atoms with E-state index in [4.69, 9.17) is 0 Å². The minimum Gasteiger partial charge on any atom is -0.274 e. The first-order chi connectivity index (χ1) is 14.4. The van der Waals surface area contributed by atoms with Gasteiger partial charge in [-0.2, -0.15) is 0 Å². The molecule has 1 fully saturated rings. The number of sulfonamides is 1. The fourth-order valence-corrected chi connectivity index (χ4v) is 5.78. The van der Waals surface area contributed by atoms with Crippen molar-refractivity contribution in [1.29, 1.82) is 0 Å². The van der Waals surface area contributed by atoms with Gasteiger partial charge < -0.3 is 0 Å². The highest BCUT2D eigenvalue weighted by Gasteiger charge is 2.30. The van der Waals surface area contributed by atoms with Crippen molar-refractivity contribution in [3.8, 4) is 0 Å². The molecule has 4 rings (SSSR count). The van der Waals surface area contributed by atoms with Crippen LogP contribution in [0.25, 0.3) is 0 Å². The standard InChI is InChI=1S/C19H16N4O4S3/c24-16-10-11-17(25)23(16)14-6-8-15(9-7-14)30(26,27)22-18-20-21-19(29-18)28-12-13-4-2-1-3-5-13/h1-9H,10-12H2,(H,20,22). The molecule has 154 valence electrons. The number of anilines is 2. The number of carbonyl (C=O) groups excluding carboxylic acids is 2. The maximum Gasteiger partial charge on any atom is 0.263 e. The fourth-order valence-electron chi connectivity index (χ4n) is 2.84. The fraction of sp³-hybridized carbons (Fsp3) is 0.158. The summed E-state index contributed by atoms with van der Waals surface area (Å²) in [6, 6.07) is 15.4.